The van der Waals surface area contributed by atoms with Crippen LogP contribution in [0.4, 0.5) is 11.4 Å². The van der Waals surface area contributed by atoms with Gasteiger partial charge in [-0.1, -0.05) is 30.3 Å². The van der Waals surface area contributed by atoms with E-state index in [-0.39, 0.29) is 11.3 Å². The van der Waals surface area contributed by atoms with Crippen LogP contribution >= 0.6 is 0 Å². The largest absolute Gasteiger partial charge is 0.493 e. The molecule has 3 aromatic carbocycles. The molecule has 5 rings (SSSR count). The number of amides is 2. The van der Waals surface area contributed by atoms with Crippen molar-refractivity contribution in [1.29, 1.82) is 0 Å². The Labute approximate surface area is 196 Å². The lowest BCUT2D eigenvalue weighted by atomic mass is 10.0. The van der Waals surface area contributed by atoms with Crippen LogP contribution in [0.2, 0.25) is 0 Å². The molecule has 0 saturated heterocycles. The maximum Gasteiger partial charge on any atom is 0.282 e. The summed E-state index contributed by atoms with van der Waals surface area (Å²) in [6.45, 7) is 0.926. The van der Waals surface area contributed by atoms with Gasteiger partial charge in [0.15, 0.2) is 23.0 Å². The van der Waals surface area contributed by atoms with Gasteiger partial charge in [0.2, 0.25) is 0 Å². The molecule has 34 heavy (non-hydrogen) atoms. The molecule has 0 aromatic heterocycles. The van der Waals surface area contributed by atoms with Crippen molar-refractivity contribution >= 4 is 28.8 Å². The lowest BCUT2D eigenvalue weighted by Gasteiger charge is -2.19. The zero-order valence-corrected chi connectivity index (χ0v) is 18.7. The molecule has 1 N–H and O–H groups in total. The monoisotopic (exact) mass is 458 g/mol. The van der Waals surface area contributed by atoms with E-state index in [0.29, 0.717) is 53.2 Å². The van der Waals surface area contributed by atoms with Crippen molar-refractivity contribution in [3.05, 3.63) is 78.0 Å². The number of ether oxygens (including phenoxy) is 4. The lowest BCUT2D eigenvalue weighted by Crippen LogP contribution is -2.32. The zero-order chi connectivity index (χ0) is 23.7. The molecule has 2 aliphatic rings. The van der Waals surface area contributed by atoms with Crippen LogP contribution in [0.3, 0.4) is 0 Å². The molecule has 172 valence electrons. The van der Waals surface area contributed by atoms with Gasteiger partial charge in [-0.05, 0) is 29.8 Å². The first-order chi connectivity index (χ1) is 16.6. The molecule has 0 fully saturated rings. The Bertz CT molecular complexity index is 1300. The molecule has 3 aromatic rings. The summed E-state index contributed by atoms with van der Waals surface area (Å²) in [4.78, 5) is 28.3. The minimum atomic E-state index is -0.481. The number of imide groups is 1. The average Bonchev–Trinajstić information content (AvgIpc) is 3.12. The van der Waals surface area contributed by atoms with Crippen molar-refractivity contribution in [3.8, 4) is 23.0 Å². The van der Waals surface area contributed by atoms with Gasteiger partial charge in [-0.25, -0.2) is 4.90 Å². The van der Waals surface area contributed by atoms with Gasteiger partial charge in [-0.3, -0.25) is 9.59 Å². The Morgan fingerprint density at radius 3 is 2.26 bits per heavy atom. The Balaban J connectivity index is 1.57. The molecule has 8 nitrogen and oxygen atoms in total. The molecule has 0 unspecified atom stereocenters. The number of methoxy groups -OCH3 is 2. The molecule has 0 atom stereocenters. The smallest absolute Gasteiger partial charge is 0.282 e. The zero-order valence-electron chi connectivity index (χ0n) is 18.7. The summed E-state index contributed by atoms with van der Waals surface area (Å²) in [5.74, 6) is 1.20. The second-order valence-electron chi connectivity index (χ2n) is 7.58. The number of hydrogen-bond donors (Lipinski definition) is 1. The second-order valence-corrected chi connectivity index (χ2v) is 7.58. The standard InChI is InChI=1S/C26H22N2O6/c1-31-19-11-9-18(15-21(19)32-2)28-25(29)23(16-6-4-3-5-7-16)24(26(28)30)27-17-8-10-20-22(14-17)34-13-12-33-20/h3-11,14-15,27H,12-13H2,1-2H3. The highest BCUT2D eigenvalue weighted by Gasteiger charge is 2.40. The molecular weight excluding hydrogens is 436 g/mol. The topological polar surface area (TPSA) is 86.3 Å². The lowest BCUT2D eigenvalue weighted by molar-refractivity contribution is -0.120. The molecule has 0 aliphatic carbocycles. The van der Waals surface area contributed by atoms with E-state index >= 15 is 0 Å². The van der Waals surface area contributed by atoms with Crippen LogP contribution in [-0.2, 0) is 9.59 Å². The number of nitrogens with zero attached hydrogens (tertiary/aromatic N) is 1. The highest BCUT2D eigenvalue weighted by Crippen LogP contribution is 2.39. The fourth-order valence-corrected chi connectivity index (χ4v) is 3.98. The van der Waals surface area contributed by atoms with E-state index in [2.05, 4.69) is 5.32 Å². The molecule has 2 heterocycles. The molecule has 0 bridgehead atoms. The van der Waals surface area contributed by atoms with Crippen LogP contribution in [0.1, 0.15) is 5.56 Å². The van der Waals surface area contributed by atoms with Gasteiger partial charge in [0, 0.05) is 17.8 Å². The summed E-state index contributed by atoms with van der Waals surface area (Å²) in [5.41, 5.74) is 2.05. The van der Waals surface area contributed by atoms with Crippen LogP contribution in [-0.4, -0.2) is 39.2 Å². The minimum absolute atomic E-state index is 0.169. The SMILES string of the molecule is COc1ccc(N2C(=O)C(Nc3ccc4c(c3)OCCO4)=C(c3ccccc3)C2=O)cc1OC. The van der Waals surface area contributed by atoms with Gasteiger partial charge in [0.25, 0.3) is 11.8 Å². The predicted molar refractivity (Wildman–Crippen MR) is 126 cm³/mol. The second kappa shape index (κ2) is 8.82. The van der Waals surface area contributed by atoms with E-state index in [4.69, 9.17) is 18.9 Å². The van der Waals surface area contributed by atoms with E-state index in [1.54, 1.807) is 48.5 Å². The molecule has 0 spiro atoms. The number of carbonyl (C=O) groups is 2. The van der Waals surface area contributed by atoms with Crippen molar-refractivity contribution in [2.75, 3.05) is 37.7 Å². The van der Waals surface area contributed by atoms with Crippen molar-refractivity contribution in [2.24, 2.45) is 0 Å². The third-order valence-electron chi connectivity index (χ3n) is 5.58. The molecule has 2 amide bonds. The highest BCUT2D eigenvalue weighted by atomic mass is 16.6. The summed E-state index contributed by atoms with van der Waals surface area (Å²) >= 11 is 0. The van der Waals surface area contributed by atoms with E-state index < -0.39 is 11.8 Å². The van der Waals surface area contributed by atoms with Crippen LogP contribution in [0.25, 0.3) is 5.57 Å². The normalized spacial score (nSPS) is 14.9. The van der Waals surface area contributed by atoms with Crippen molar-refractivity contribution in [2.45, 2.75) is 0 Å². The fraction of sp³-hybridized carbons (Fsp3) is 0.154. The number of fused-ring (bicyclic) bond motifs is 1. The van der Waals surface area contributed by atoms with Crippen LogP contribution in [0.15, 0.2) is 72.4 Å². The number of rotatable bonds is 6. The highest BCUT2D eigenvalue weighted by molar-refractivity contribution is 6.46. The van der Waals surface area contributed by atoms with Crippen LogP contribution in [0, 0.1) is 0 Å². The van der Waals surface area contributed by atoms with Crippen molar-refractivity contribution in [1.82, 2.24) is 0 Å². The molecular formula is C26H22N2O6. The third-order valence-corrected chi connectivity index (χ3v) is 5.58. The number of nitrogens with one attached hydrogen (secondary N) is 1. The maximum atomic E-state index is 13.6. The first kappa shape index (κ1) is 21.4. The molecule has 2 aliphatic heterocycles. The first-order valence-corrected chi connectivity index (χ1v) is 10.7. The molecule has 0 saturated carbocycles. The fourth-order valence-electron chi connectivity index (χ4n) is 3.98. The van der Waals surface area contributed by atoms with Crippen molar-refractivity contribution in [3.63, 3.8) is 0 Å². The molecule has 8 heteroatoms. The maximum absolute atomic E-state index is 13.6. The van der Waals surface area contributed by atoms with Crippen molar-refractivity contribution < 1.29 is 28.5 Å². The number of benzene rings is 3. The Kier molecular flexibility index (Phi) is 5.55. The predicted octanol–water partition coefficient (Wildman–Crippen LogP) is 3.87. The first-order valence-electron chi connectivity index (χ1n) is 10.7. The summed E-state index contributed by atoms with van der Waals surface area (Å²) in [6.07, 6.45) is 0. The van der Waals surface area contributed by atoms with E-state index in [1.807, 2.05) is 18.2 Å². The van der Waals surface area contributed by atoms with Crippen LogP contribution in [0.5, 0.6) is 23.0 Å². The Morgan fingerprint density at radius 2 is 1.53 bits per heavy atom. The quantitative estimate of drug-likeness (QED) is 0.561. The summed E-state index contributed by atoms with van der Waals surface area (Å²) < 4.78 is 21.9. The number of carbonyl (C=O) groups excluding carboxylic acids is 2. The Hall–Kier alpha value is -4.46. The van der Waals surface area contributed by atoms with Crippen LogP contribution < -0.4 is 29.2 Å². The summed E-state index contributed by atoms with van der Waals surface area (Å²) in [6, 6.07) is 19.3. The van der Waals surface area contributed by atoms with Gasteiger partial charge in [-0.15, -0.1) is 0 Å². The Morgan fingerprint density at radius 1 is 0.794 bits per heavy atom. The van der Waals surface area contributed by atoms with Gasteiger partial charge in [0.1, 0.15) is 18.9 Å². The van der Waals surface area contributed by atoms with Gasteiger partial charge >= 0.3 is 0 Å². The van der Waals surface area contributed by atoms with Gasteiger partial charge < -0.3 is 24.3 Å². The van der Waals surface area contributed by atoms with Gasteiger partial charge in [0.05, 0.1) is 25.5 Å². The van der Waals surface area contributed by atoms with Gasteiger partial charge in [-0.2, -0.15) is 0 Å². The minimum Gasteiger partial charge on any atom is -0.493 e. The number of hydrogen-bond acceptors (Lipinski definition) is 7. The average molecular weight is 458 g/mol. The summed E-state index contributed by atoms with van der Waals surface area (Å²) in [5, 5.41) is 3.15. The van der Waals surface area contributed by atoms with E-state index in [1.165, 1.54) is 14.2 Å². The summed E-state index contributed by atoms with van der Waals surface area (Å²) in [7, 11) is 3.02. The van der Waals surface area contributed by atoms with E-state index in [0.717, 1.165) is 4.90 Å². The van der Waals surface area contributed by atoms with E-state index in [9.17, 15) is 9.59 Å². The third kappa shape index (κ3) is 3.69. The number of anilines is 2. The molecule has 0 radical (unpaired) electrons.